The maximum Gasteiger partial charge on any atom is 0.337 e. The number of imidazole rings is 3. The van der Waals surface area contributed by atoms with E-state index in [1.165, 1.54) is 97.7 Å². The monoisotopic (exact) mass is 1900 g/mol. The lowest BCUT2D eigenvalue weighted by molar-refractivity contribution is -0.152. The Hall–Kier alpha value is -14.3. The predicted octanol–water partition coefficient (Wildman–Crippen LogP) is 13.2. The number of carboxylic acid groups (broad SMARTS) is 3. The summed E-state index contributed by atoms with van der Waals surface area (Å²) in [5.41, 5.74) is 5.20. The zero-order chi connectivity index (χ0) is 94.8. The van der Waals surface area contributed by atoms with Crippen LogP contribution in [0.15, 0.2) is 196 Å². The van der Waals surface area contributed by atoms with E-state index in [2.05, 4.69) is 82.1 Å². The van der Waals surface area contributed by atoms with Crippen LogP contribution in [-0.2, 0) is 47.5 Å². The Morgan fingerprint density at radius 1 is 0.415 bits per heavy atom. The number of nitrogens with zero attached hydrogens (tertiary/aromatic N) is 14. The van der Waals surface area contributed by atoms with Gasteiger partial charge in [-0.15, -0.1) is 0 Å². The SMILES string of the molecule is CCNC(=O)Nc1ncnc2c1ncn2C1CC(CC(=O)N(C)c2c(Cl)cccc2C(=O)O)C2O[C@H](/C=C/c3ccccc3)OC21.CCNC(=O)Nc1ncnc2c1ncn2C1CC(CC(=O)Nc2c(Cl)cccc2C(=O)O)C2O[C@H](/C=C/c3ccccc3)OC21.CCNC(=O)Nc1ncnc2c1ncn2C1OC(CC(=O)N(C)c2c(Cl)cccc2C(=O)O)C2O[C@H](c3ccccc3)OC21. The molecule has 12 aromatic rings. The molecule has 0 spiro atoms. The highest BCUT2D eigenvalue weighted by Gasteiger charge is 2.57. The fourth-order valence-electron chi connectivity index (χ4n) is 17.3. The number of fused-ring (bicyclic) bond motifs is 6. The molecular weight excluding hydrogens is 1810 g/mol. The molecule has 6 fully saturated rings. The molecule has 12 unspecified atom stereocenters. The van der Waals surface area contributed by atoms with E-state index in [1.54, 1.807) is 30.2 Å². The molecule has 4 saturated heterocycles. The van der Waals surface area contributed by atoms with Crippen LogP contribution in [0.5, 0.6) is 0 Å². The van der Waals surface area contributed by atoms with Gasteiger partial charge in [0.25, 0.3) is 0 Å². The van der Waals surface area contributed by atoms with E-state index in [0.717, 1.165) is 16.7 Å². The Morgan fingerprint density at radius 3 is 1.25 bits per heavy atom. The van der Waals surface area contributed by atoms with Gasteiger partial charge >= 0.3 is 36.0 Å². The third-order valence-electron chi connectivity index (χ3n) is 23.4. The van der Waals surface area contributed by atoms with Crippen LogP contribution < -0.4 is 47.0 Å². The van der Waals surface area contributed by atoms with Crippen molar-refractivity contribution in [2.45, 2.75) is 133 Å². The molecule has 15 atom stereocenters. The van der Waals surface area contributed by atoms with Gasteiger partial charge in [-0.05, 0) is 105 Å². The first kappa shape index (κ1) is 93.9. The second-order valence-corrected chi connectivity index (χ2v) is 33.0. The average molecular weight is 1900 g/mol. The van der Waals surface area contributed by atoms with Gasteiger partial charge in [-0.2, -0.15) is 0 Å². The number of anilines is 6. The Balaban J connectivity index is 0.000000147. The number of rotatable bonds is 26. The van der Waals surface area contributed by atoms with E-state index in [0.29, 0.717) is 66.0 Å². The molecule has 0 radical (unpaired) electrons. The molecule has 43 heteroatoms. The summed E-state index contributed by atoms with van der Waals surface area (Å²) in [7, 11) is 2.98. The van der Waals surface area contributed by atoms with Crippen LogP contribution in [0.3, 0.4) is 0 Å². The van der Waals surface area contributed by atoms with Crippen molar-refractivity contribution in [2.75, 3.05) is 64.8 Å². The number of carboxylic acids is 3. The van der Waals surface area contributed by atoms with Gasteiger partial charge in [-0.1, -0.05) is 156 Å². The molecule has 18 rings (SSSR count). The number of amides is 9. The lowest BCUT2D eigenvalue weighted by Gasteiger charge is -2.24. The summed E-state index contributed by atoms with van der Waals surface area (Å²) in [5, 5.41) is 48.2. The van der Waals surface area contributed by atoms with E-state index in [1.807, 2.05) is 138 Å². The first-order valence-electron chi connectivity index (χ1n) is 43.0. The maximum atomic E-state index is 13.7. The smallest absolute Gasteiger partial charge is 0.337 e. The molecule has 10 heterocycles. The first-order chi connectivity index (χ1) is 65.3. The number of hydrogen-bond acceptors (Lipinski definition) is 25. The highest BCUT2D eigenvalue weighted by molar-refractivity contribution is 6.36. The quantitative estimate of drug-likeness (QED) is 0.0241. The number of carbonyl (C=O) groups is 9. The minimum absolute atomic E-state index is 0.0199. The van der Waals surface area contributed by atoms with Crippen molar-refractivity contribution in [1.29, 1.82) is 0 Å². The van der Waals surface area contributed by atoms with Crippen LogP contribution in [0.4, 0.5) is 48.9 Å². The van der Waals surface area contributed by atoms with E-state index in [9.17, 15) is 58.5 Å². The number of nitrogens with one attached hydrogen (secondary N) is 7. The lowest BCUT2D eigenvalue weighted by Crippen LogP contribution is -2.36. The molecule has 2 saturated carbocycles. The summed E-state index contributed by atoms with van der Waals surface area (Å²) in [5.74, 6) is -4.65. The Kier molecular flexibility index (Phi) is 29.1. The minimum Gasteiger partial charge on any atom is -0.478 e. The van der Waals surface area contributed by atoms with Gasteiger partial charge in [-0.3, -0.25) is 34.9 Å². The molecule has 9 amide bonds. The standard InChI is InChI=1S/C32H32ClN7O6.C31H30ClN7O6.C29H28ClN7O7/c1-3-34-32(44)38-29-25-30(36-16-35-29)40(17-37-25)22-14-19(15-23(41)39(2)26-20(31(42)43)10-7-11-21(26)33)27-28(22)46-24(45-27)13-12-18-8-5-4-6-9-18;1-2-33-31(43)38-28-25-29(35-15-34-28)39(16-36-25)21-13-18(14-22(40)37-24-19(30(41)42)9-6-10-20(24)32)26-27(21)45-23(44-26)12-11-17-7-4-3-5-8-17;1-3-31-29(41)35-24-20-25(33-13-32-24)37(14-34-20)26-23-22(43-28(44-23)15-8-5-4-6-9-15)18(42-26)12-19(38)36(2)21-16(27(39)40)10-7-11-17(21)30/h4-13,16-17,19,22,24,27-28H,3,14-15H2,1-2H3,(H,42,43)(H2,34,35,36,38,44);3-12,15-16,18,21,23,26-27H,2,13-14H2,1H3,(H,37,40)(H,41,42)(H2,33,34,35,38,43);4-11,13-14,18,22-23,26,28H,3,12H2,1-2H3,(H,39,40)(H2,31,32,33,35,41)/b13-12+;12-11+;/t19?,22?,24-,27?,28?;18?,21?,23-,26?,27?;18?,22?,23?,26?,28-/m000/s1. The van der Waals surface area contributed by atoms with Gasteiger partial charge in [0.15, 0.2) is 76.0 Å². The Bertz CT molecular complexity index is 6500. The molecule has 40 nitrogen and oxygen atoms in total. The molecule has 4 aliphatic heterocycles. The molecule has 10 N–H and O–H groups in total. The fourth-order valence-corrected chi connectivity index (χ4v) is 18.1. The molecular formula is C92H90Cl3N21O19. The zero-order valence-corrected chi connectivity index (χ0v) is 75.0. The maximum absolute atomic E-state index is 13.7. The second kappa shape index (κ2) is 41.9. The minimum atomic E-state index is -1.22. The highest BCUT2D eigenvalue weighted by Crippen LogP contribution is 2.51. The molecule has 698 valence electrons. The van der Waals surface area contributed by atoms with E-state index < -0.39 is 116 Å². The average Bonchev–Trinajstić information content (AvgIpc) is 1.60. The predicted molar refractivity (Wildman–Crippen MR) is 494 cm³/mol. The third kappa shape index (κ3) is 20.6. The summed E-state index contributed by atoms with van der Waals surface area (Å²) in [4.78, 5) is 154. The first-order valence-corrected chi connectivity index (χ1v) is 44.1. The molecule has 6 aromatic heterocycles. The van der Waals surface area contributed by atoms with Crippen molar-refractivity contribution in [2.24, 2.45) is 11.8 Å². The van der Waals surface area contributed by atoms with Crippen molar-refractivity contribution in [3.05, 3.63) is 244 Å². The highest BCUT2D eigenvalue weighted by atomic mass is 35.5. The number of carbonyl (C=O) groups excluding carboxylic acids is 6. The number of benzene rings is 6. The molecule has 6 aromatic carbocycles. The van der Waals surface area contributed by atoms with Crippen molar-refractivity contribution in [3.63, 3.8) is 0 Å². The van der Waals surface area contributed by atoms with Crippen molar-refractivity contribution in [3.8, 4) is 0 Å². The van der Waals surface area contributed by atoms with Crippen molar-refractivity contribution < 1.29 is 91.6 Å². The summed E-state index contributed by atoms with van der Waals surface area (Å²) < 4.78 is 50.1. The largest absolute Gasteiger partial charge is 0.478 e. The van der Waals surface area contributed by atoms with Gasteiger partial charge < -0.3 is 88.7 Å². The number of ether oxygens (including phenoxy) is 7. The van der Waals surface area contributed by atoms with Gasteiger partial charge in [0.2, 0.25) is 17.7 Å². The molecule has 135 heavy (non-hydrogen) atoms. The van der Waals surface area contributed by atoms with Crippen molar-refractivity contribution in [1.82, 2.24) is 74.5 Å². The van der Waals surface area contributed by atoms with Crippen LogP contribution >= 0.6 is 34.8 Å². The van der Waals surface area contributed by atoms with Crippen LogP contribution in [0, 0.1) is 11.8 Å². The summed E-state index contributed by atoms with van der Waals surface area (Å²) in [6, 6.07) is 40.2. The number of para-hydroxylation sites is 3. The van der Waals surface area contributed by atoms with Crippen LogP contribution in [0.25, 0.3) is 45.6 Å². The fraction of sp³-hybridized carbons (Fsp3) is 0.304. The van der Waals surface area contributed by atoms with Crippen molar-refractivity contribution >= 4 is 169 Å². The number of urea groups is 3. The van der Waals surface area contributed by atoms with Gasteiger partial charge in [0, 0.05) is 52.1 Å². The van der Waals surface area contributed by atoms with E-state index in [-0.39, 0.29) is 115 Å². The number of aromatic nitrogens is 12. The summed E-state index contributed by atoms with van der Waals surface area (Å²) in [6.07, 6.45) is 10.2. The summed E-state index contributed by atoms with van der Waals surface area (Å²) >= 11 is 18.9. The zero-order valence-electron chi connectivity index (χ0n) is 72.7. The number of halogens is 3. The van der Waals surface area contributed by atoms with Gasteiger partial charge in [0.05, 0.1) is 105 Å². The van der Waals surface area contributed by atoms with Gasteiger partial charge in [0.1, 0.15) is 43.4 Å². The van der Waals surface area contributed by atoms with Gasteiger partial charge in [-0.25, -0.2) is 73.6 Å². The van der Waals surface area contributed by atoms with E-state index in [4.69, 9.17) is 68.0 Å². The number of aromatic carboxylic acids is 3. The topological polar surface area (TPSA) is 500 Å². The Labute approximate surface area is 784 Å². The normalized spacial score (nSPS) is 22.4. The molecule has 6 aliphatic rings. The second-order valence-electron chi connectivity index (χ2n) is 31.8. The van der Waals surface area contributed by atoms with Crippen LogP contribution in [0.2, 0.25) is 15.1 Å². The van der Waals surface area contributed by atoms with Crippen LogP contribution in [0.1, 0.15) is 125 Å². The third-order valence-corrected chi connectivity index (χ3v) is 24.3. The van der Waals surface area contributed by atoms with E-state index >= 15 is 0 Å². The Morgan fingerprint density at radius 2 is 0.807 bits per heavy atom. The lowest BCUT2D eigenvalue weighted by atomic mass is 10.00. The summed E-state index contributed by atoms with van der Waals surface area (Å²) in [6.45, 7) is 6.73. The molecule has 0 bridgehead atoms. The molecule has 2 aliphatic carbocycles. The van der Waals surface area contributed by atoms with Crippen LogP contribution in [-0.4, -0.2) is 217 Å². The number of hydrogen-bond donors (Lipinski definition) is 10.